The van der Waals surface area contributed by atoms with Gasteiger partial charge in [0.15, 0.2) is 0 Å². The molecule has 0 bridgehead atoms. The van der Waals surface area contributed by atoms with Crippen molar-refractivity contribution >= 4 is 21.8 Å². The fourth-order valence-corrected chi connectivity index (χ4v) is 2.78. The largest absolute Gasteiger partial charge is 0.352 e. The monoisotopic (exact) mass is 275 g/mol. The molecule has 2 unspecified atom stereocenters. The van der Waals surface area contributed by atoms with Crippen LogP contribution in [0.3, 0.4) is 0 Å². The third-order valence-electron chi connectivity index (χ3n) is 2.87. The van der Waals surface area contributed by atoms with Crippen LogP contribution in [0.5, 0.6) is 0 Å². The summed E-state index contributed by atoms with van der Waals surface area (Å²) in [4.78, 5) is 12.1. The normalized spacial score (nSPS) is 27.5. The second kappa shape index (κ2) is 6.51. The van der Waals surface area contributed by atoms with Gasteiger partial charge in [-0.25, -0.2) is 0 Å². The standard InChI is InChI=1S/C12H22BrNO/c1-9(2)8-12(15)14-11-7-5-3-4-6-10(11)13/h9-11H,3-8H2,1-2H3,(H,14,15). The Hall–Kier alpha value is -0.0500. The molecule has 1 aliphatic carbocycles. The van der Waals surface area contributed by atoms with E-state index in [-0.39, 0.29) is 5.91 Å². The van der Waals surface area contributed by atoms with Gasteiger partial charge in [0.2, 0.25) is 5.91 Å². The van der Waals surface area contributed by atoms with Gasteiger partial charge in [0.25, 0.3) is 0 Å². The summed E-state index contributed by atoms with van der Waals surface area (Å²) in [5.41, 5.74) is 0. The van der Waals surface area contributed by atoms with Crippen LogP contribution in [0.15, 0.2) is 0 Å². The summed E-state index contributed by atoms with van der Waals surface area (Å²) in [6, 6.07) is 0.346. The number of carbonyl (C=O) groups excluding carboxylic acids is 1. The highest BCUT2D eigenvalue weighted by molar-refractivity contribution is 9.09. The average Bonchev–Trinajstić information content (AvgIpc) is 2.30. The van der Waals surface area contributed by atoms with E-state index in [4.69, 9.17) is 0 Å². The minimum Gasteiger partial charge on any atom is -0.352 e. The lowest BCUT2D eigenvalue weighted by atomic mass is 10.1. The van der Waals surface area contributed by atoms with E-state index < -0.39 is 0 Å². The minimum atomic E-state index is 0.210. The molecule has 1 aliphatic rings. The van der Waals surface area contributed by atoms with Gasteiger partial charge in [-0.15, -0.1) is 0 Å². The summed E-state index contributed by atoms with van der Waals surface area (Å²) < 4.78 is 0. The highest BCUT2D eigenvalue weighted by atomic mass is 79.9. The van der Waals surface area contributed by atoms with E-state index >= 15 is 0 Å². The predicted molar refractivity (Wildman–Crippen MR) is 67.2 cm³/mol. The Morgan fingerprint density at radius 3 is 2.67 bits per heavy atom. The van der Waals surface area contributed by atoms with Gasteiger partial charge in [-0.05, 0) is 18.8 Å². The van der Waals surface area contributed by atoms with Gasteiger partial charge in [-0.1, -0.05) is 49.0 Å². The van der Waals surface area contributed by atoms with E-state index in [1.807, 2.05) is 0 Å². The summed E-state index contributed by atoms with van der Waals surface area (Å²) >= 11 is 3.68. The van der Waals surface area contributed by atoms with Gasteiger partial charge in [0, 0.05) is 17.3 Å². The van der Waals surface area contributed by atoms with Crippen LogP contribution in [0.4, 0.5) is 0 Å². The van der Waals surface area contributed by atoms with Crippen LogP contribution >= 0.6 is 15.9 Å². The zero-order valence-electron chi connectivity index (χ0n) is 9.76. The van der Waals surface area contributed by atoms with E-state index in [9.17, 15) is 4.79 Å². The molecule has 0 radical (unpaired) electrons. The number of amides is 1. The molecule has 0 aromatic carbocycles. The zero-order chi connectivity index (χ0) is 11.3. The van der Waals surface area contributed by atoms with E-state index in [0.717, 1.165) is 6.42 Å². The number of alkyl halides is 1. The molecule has 2 atom stereocenters. The first kappa shape index (κ1) is 13.0. The van der Waals surface area contributed by atoms with Crippen LogP contribution in [-0.4, -0.2) is 16.8 Å². The van der Waals surface area contributed by atoms with Crippen molar-refractivity contribution < 1.29 is 4.79 Å². The minimum absolute atomic E-state index is 0.210. The topological polar surface area (TPSA) is 29.1 Å². The molecule has 0 aromatic heterocycles. The molecular formula is C12H22BrNO. The number of hydrogen-bond acceptors (Lipinski definition) is 1. The lowest BCUT2D eigenvalue weighted by molar-refractivity contribution is -0.122. The molecule has 1 fully saturated rings. The average molecular weight is 276 g/mol. The van der Waals surface area contributed by atoms with Crippen molar-refractivity contribution in [3.8, 4) is 0 Å². The van der Waals surface area contributed by atoms with Crippen LogP contribution in [0.25, 0.3) is 0 Å². The number of nitrogens with one attached hydrogen (secondary N) is 1. The summed E-state index contributed by atoms with van der Waals surface area (Å²) in [6.07, 6.45) is 6.79. The fourth-order valence-electron chi connectivity index (χ4n) is 2.06. The molecule has 1 amide bonds. The Balaban J connectivity index is 2.37. The second-order valence-electron chi connectivity index (χ2n) is 4.93. The molecule has 1 saturated carbocycles. The maximum Gasteiger partial charge on any atom is 0.220 e. The lowest BCUT2D eigenvalue weighted by Gasteiger charge is -2.21. The smallest absolute Gasteiger partial charge is 0.220 e. The van der Waals surface area contributed by atoms with Gasteiger partial charge >= 0.3 is 0 Å². The molecule has 0 spiro atoms. The van der Waals surface area contributed by atoms with Gasteiger partial charge in [0.05, 0.1) is 0 Å². The van der Waals surface area contributed by atoms with E-state index in [1.54, 1.807) is 0 Å². The third kappa shape index (κ3) is 5.01. The maximum absolute atomic E-state index is 11.6. The molecule has 2 nitrogen and oxygen atoms in total. The van der Waals surface area contributed by atoms with Crippen molar-refractivity contribution in [1.29, 1.82) is 0 Å². The quantitative estimate of drug-likeness (QED) is 0.622. The summed E-state index contributed by atoms with van der Waals surface area (Å²) in [6.45, 7) is 4.16. The van der Waals surface area contributed by atoms with Crippen LogP contribution in [0.2, 0.25) is 0 Å². The molecule has 15 heavy (non-hydrogen) atoms. The lowest BCUT2D eigenvalue weighted by Crippen LogP contribution is -2.40. The van der Waals surface area contributed by atoms with E-state index in [1.165, 1.54) is 25.7 Å². The molecule has 0 aliphatic heterocycles. The van der Waals surface area contributed by atoms with Gasteiger partial charge in [-0.3, -0.25) is 4.79 Å². The number of rotatable bonds is 3. The Labute approximate surface area is 101 Å². The summed E-state index contributed by atoms with van der Waals surface area (Å²) in [5.74, 6) is 0.658. The Kier molecular flexibility index (Phi) is 5.65. The molecule has 1 N–H and O–H groups in total. The molecule has 0 heterocycles. The van der Waals surface area contributed by atoms with Crippen molar-refractivity contribution in [2.45, 2.75) is 63.2 Å². The van der Waals surface area contributed by atoms with Crippen LogP contribution < -0.4 is 5.32 Å². The van der Waals surface area contributed by atoms with Crippen molar-refractivity contribution in [3.05, 3.63) is 0 Å². The summed E-state index contributed by atoms with van der Waals surface area (Å²) in [7, 11) is 0. The van der Waals surface area contributed by atoms with Crippen molar-refractivity contribution in [2.75, 3.05) is 0 Å². The SMILES string of the molecule is CC(C)CC(=O)NC1CCCCCC1Br. The Morgan fingerprint density at radius 2 is 2.00 bits per heavy atom. The molecule has 1 rings (SSSR count). The van der Waals surface area contributed by atoms with Gasteiger partial charge in [-0.2, -0.15) is 0 Å². The fraction of sp³-hybridized carbons (Fsp3) is 0.917. The Bertz CT molecular complexity index is 206. The van der Waals surface area contributed by atoms with Crippen LogP contribution in [0, 0.1) is 5.92 Å². The van der Waals surface area contributed by atoms with Crippen LogP contribution in [0.1, 0.15) is 52.4 Å². The van der Waals surface area contributed by atoms with Gasteiger partial charge < -0.3 is 5.32 Å². The number of carbonyl (C=O) groups is 1. The first-order valence-electron chi connectivity index (χ1n) is 6.03. The van der Waals surface area contributed by atoms with Crippen molar-refractivity contribution in [2.24, 2.45) is 5.92 Å². The highest BCUT2D eigenvalue weighted by Crippen LogP contribution is 2.23. The summed E-state index contributed by atoms with van der Waals surface area (Å²) in [5, 5.41) is 3.15. The molecular weight excluding hydrogens is 254 g/mol. The number of halogens is 1. The highest BCUT2D eigenvalue weighted by Gasteiger charge is 2.22. The van der Waals surface area contributed by atoms with Crippen LogP contribution in [-0.2, 0) is 4.79 Å². The molecule has 0 aromatic rings. The molecule has 0 saturated heterocycles. The predicted octanol–water partition coefficient (Wildman–Crippen LogP) is 3.24. The second-order valence-corrected chi connectivity index (χ2v) is 6.10. The third-order valence-corrected chi connectivity index (χ3v) is 3.97. The van der Waals surface area contributed by atoms with E-state index in [2.05, 4.69) is 35.1 Å². The first-order valence-corrected chi connectivity index (χ1v) is 6.94. The Morgan fingerprint density at radius 1 is 1.33 bits per heavy atom. The first-order chi connectivity index (χ1) is 7.09. The van der Waals surface area contributed by atoms with E-state index in [0.29, 0.717) is 23.2 Å². The zero-order valence-corrected chi connectivity index (χ0v) is 11.3. The van der Waals surface area contributed by atoms with Gasteiger partial charge in [0.1, 0.15) is 0 Å². The molecule has 3 heteroatoms. The van der Waals surface area contributed by atoms with Crippen molar-refractivity contribution in [3.63, 3.8) is 0 Å². The maximum atomic E-state index is 11.6. The number of hydrogen-bond donors (Lipinski definition) is 1. The molecule has 88 valence electrons. The van der Waals surface area contributed by atoms with Crippen molar-refractivity contribution in [1.82, 2.24) is 5.32 Å².